The largest absolute Gasteiger partial charge is 0.326 e. The molecule has 1 aliphatic heterocycles. The van der Waals surface area contributed by atoms with Crippen molar-refractivity contribution >= 4 is 27.5 Å². The summed E-state index contributed by atoms with van der Waals surface area (Å²) in [6, 6.07) is 7.02. The molecule has 1 unspecified atom stereocenters. The quantitative estimate of drug-likeness (QED) is 0.864. The molecule has 0 saturated heterocycles. The number of hydrogen-bond acceptors (Lipinski definition) is 4. The van der Waals surface area contributed by atoms with Gasteiger partial charge in [-0.1, -0.05) is 6.07 Å². The number of aryl methyl sites for hydroxylation is 1. The van der Waals surface area contributed by atoms with E-state index >= 15 is 0 Å². The second kappa shape index (κ2) is 5.91. The fraction of sp³-hybridized carbons (Fsp3) is 0.333. The highest BCUT2D eigenvalue weighted by Crippen LogP contribution is 2.37. The molecule has 0 spiro atoms. The van der Waals surface area contributed by atoms with Gasteiger partial charge in [0, 0.05) is 45.4 Å². The zero-order chi connectivity index (χ0) is 17.5. The lowest BCUT2D eigenvalue weighted by atomic mass is 9.88. The summed E-state index contributed by atoms with van der Waals surface area (Å²) in [6.45, 7) is 0. The summed E-state index contributed by atoms with van der Waals surface area (Å²) in [5.41, 5.74) is 2.72. The number of fused-ring (bicyclic) bond motifs is 1. The van der Waals surface area contributed by atoms with Gasteiger partial charge in [-0.05, 0) is 23.8 Å². The highest BCUT2D eigenvalue weighted by molar-refractivity contribution is 7.90. The second-order valence-corrected chi connectivity index (χ2v) is 7.80. The summed E-state index contributed by atoms with van der Waals surface area (Å²) in [7, 11) is 1.12. The Balaban J connectivity index is 1.97. The number of aromatic nitrogens is 2. The Hall–Kier alpha value is -2.39. The fourth-order valence-corrected chi connectivity index (χ4v) is 3.26. The summed E-state index contributed by atoms with van der Waals surface area (Å²) in [4.78, 5) is 12.0. The first-order chi connectivity index (χ1) is 11.3. The first-order valence-corrected chi connectivity index (χ1v) is 8.84. The maximum Gasteiger partial charge on any atom is 0.301 e. The van der Waals surface area contributed by atoms with Crippen molar-refractivity contribution in [1.29, 1.82) is 0 Å². The van der Waals surface area contributed by atoms with E-state index < -0.39 is 10.2 Å². The van der Waals surface area contributed by atoms with Crippen LogP contribution in [0.25, 0.3) is 0 Å². The van der Waals surface area contributed by atoms with Crippen molar-refractivity contribution in [1.82, 2.24) is 14.1 Å². The van der Waals surface area contributed by atoms with Crippen molar-refractivity contribution in [2.75, 3.05) is 24.1 Å². The normalized spacial score (nSPS) is 17.5. The van der Waals surface area contributed by atoms with Crippen LogP contribution in [0.4, 0.5) is 11.4 Å². The van der Waals surface area contributed by atoms with Crippen molar-refractivity contribution in [3.8, 4) is 0 Å². The number of nitrogens with one attached hydrogen (secondary N) is 2. The van der Waals surface area contributed by atoms with E-state index in [9.17, 15) is 13.2 Å². The number of rotatable bonds is 4. The van der Waals surface area contributed by atoms with Gasteiger partial charge < -0.3 is 5.32 Å². The van der Waals surface area contributed by atoms with Crippen molar-refractivity contribution in [2.24, 2.45) is 7.05 Å². The Morgan fingerprint density at radius 1 is 1.33 bits per heavy atom. The van der Waals surface area contributed by atoms with E-state index in [0.29, 0.717) is 17.8 Å². The Bertz CT molecular complexity index is 888. The Morgan fingerprint density at radius 2 is 2.08 bits per heavy atom. The molecule has 1 aliphatic rings. The van der Waals surface area contributed by atoms with Gasteiger partial charge in [-0.25, -0.2) is 0 Å². The lowest BCUT2D eigenvalue weighted by Crippen LogP contribution is -2.29. The molecule has 2 heterocycles. The Kier molecular flexibility index (Phi) is 4.06. The molecule has 0 radical (unpaired) electrons. The lowest BCUT2D eigenvalue weighted by Gasteiger charge is -2.25. The molecule has 2 aromatic rings. The Morgan fingerprint density at radius 3 is 2.71 bits per heavy atom. The van der Waals surface area contributed by atoms with E-state index in [4.69, 9.17) is 0 Å². The third-order valence-electron chi connectivity index (χ3n) is 3.91. The minimum Gasteiger partial charge on any atom is -0.326 e. The van der Waals surface area contributed by atoms with Crippen LogP contribution in [-0.2, 0) is 22.1 Å². The van der Waals surface area contributed by atoms with Crippen LogP contribution >= 0.6 is 0 Å². The van der Waals surface area contributed by atoms with Gasteiger partial charge >= 0.3 is 10.2 Å². The van der Waals surface area contributed by atoms with E-state index in [1.165, 1.54) is 14.1 Å². The molecule has 0 saturated carbocycles. The highest BCUT2D eigenvalue weighted by Gasteiger charge is 2.28. The van der Waals surface area contributed by atoms with Crippen LogP contribution < -0.4 is 10.0 Å². The van der Waals surface area contributed by atoms with E-state index in [0.717, 1.165) is 15.6 Å². The number of hydrogen-bond donors (Lipinski definition) is 2. The van der Waals surface area contributed by atoms with Gasteiger partial charge in [0.1, 0.15) is 0 Å². The predicted molar refractivity (Wildman–Crippen MR) is 91.0 cm³/mol. The summed E-state index contributed by atoms with van der Waals surface area (Å²) in [5.74, 6) is -0.264. The molecule has 1 aromatic heterocycles. The van der Waals surface area contributed by atoms with Gasteiger partial charge in [-0.2, -0.15) is 17.8 Å². The van der Waals surface area contributed by atoms with E-state index in [-0.39, 0.29) is 11.8 Å². The van der Waals surface area contributed by atoms with Crippen LogP contribution in [0.3, 0.4) is 0 Å². The van der Waals surface area contributed by atoms with Crippen LogP contribution in [0.2, 0.25) is 0 Å². The number of carbonyl (C=O) groups is 1. The zero-order valence-electron chi connectivity index (χ0n) is 13.6. The second-order valence-electron chi connectivity index (χ2n) is 5.91. The third kappa shape index (κ3) is 3.13. The van der Waals surface area contributed by atoms with Crippen LogP contribution in [0, 0.1) is 0 Å². The van der Waals surface area contributed by atoms with Crippen molar-refractivity contribution in [3.63, 3.8) is 0 Å². The number of nitrogens with zero attached hydrogens (tertiary/aromatic N) is 3. The monoisotopic (exact) mass is 349 g/mol. The molecule has 1 atom stereocenters. The molecule has 1 amide bonds. The summed E-state index contributed by atoms with van der Waals surface area (Å²) in [6.07, 6.45) is 2.15. The number of carbonyl (C=O) groups excluding carboxylic acids is 1. The van der Waals surface area contributed by atoms with E-state index in [2.05, 4.69) is 15.1 Å². The zero-order valence-corrected chi connectivity index (χ0v) is 14.5. The average Bonchev–Trinajstić information content (AvgIpc) is 2.92. The molecule has 128 valence electrons. The molecule has 0 bridgehead atoms. The molecule has 0 fully saturated rings. The lowest BCUT2D eigenvalue weighted by molar-refractivity contribution is -0.116. The molecule has 2 N–H and O–H groups in total. The van der Waals surface area contributed by atoms with Gasteiger partial charge in [0.05, 0.1) is 11.4 Å². The summed E-state index contributed by atoms with van der Waals surface area (Å²) in [5, 5.41) is 7.19. The van der Waals surface area contributed by atoms with E-state index in [1.807, 2.05) is 25.4 Å². The standard InChI is InChI=1S/C15H19N5O3S/c1-19(2)24(22,23)18-10-4-5-11-12(13-6-7-20(3)17-13)9-15(21)16-14(11)8-10/h4-8,12,18H,9H2,1-3H3,(H,16,21). The van der Waals surface area contributed by atoms with Crippen molar-refractivity contribution < 1.29 is 13.2 Å². The van der Waals surface area contributed by atoms with Crippen molar-refractivity contribution in [3.05, 3.63) is 41.7 Å². The fourth-order valence-electron chi connectivity index (χ4n) is 2.65. The minimum atomic E-state index is -3.60. The van der Waals surface area contributed by atoms with Crippen LogP contribution in [0.5, 0.6) is 0 Å². The molecule has 9 heteroatoms. The number of amides is 1. The first-order valence-electron chi connectivity index (χ1n) is 7.40. The van der Waals surface area contributed by atoms with Gasteiger partial charge in [-0.3, -0.25) is 14.2 Å². The molecule has 1 aromatic carbocycles. The molecule has 8 nitrogen and oxygen atoms in total. The van der Waals surface area contributed by atoms with Crippen LogP contribution in [0.15, 0.2) is 30.5 Å². The van der Waals surface area contributed by atoms with Gasteiger partial charge in [0.25, 0.3) is 0 Å². The maximum atomic E-state index is 12.0. The molecular formula is C15H19N5O3S. The first kappa shape index (κ1) is 16.5. The highest BCUT2D eigenvalue weighted by atomic mass is 32.2. The third-order valence-corrected chi connectivity index (χ3v) is 5.37. The maximum absolute atomic E-state index is 12.0. The summed E-state index contributed by atoms with van der Waals surface area (Å²) < 4.78 is 29.1. The minimum absolute atomic E-state index is 0.120. The van der Waals surface area contributed by atoms with Gasteiger partial charge in [-0.15, -0.1) is 0 Å². The topological polar surface area (TPSA) is 96.3 Å². The van der Waals surface area contributed by atoms with Gasteiger partial charge in [0.2, 0.25) is 5.91 Å². The molecule has 3 rings (SSSR count). The van der Waals surface area contributed by atoms with Crippen LogP contribution in [-0.4, -0.2) is 42.5 Å². The van der Waals surface area contributed by atoms with E-state index in [1.54, 1.807) is 16.8 Å². The van der Waals surface area contributed by atoms with Gasteiger partial charge in [0.15, 0.2) is 0 Å². The van der Waals surface area contributed by atoms with Crippen molar-refractivity contribution in [2.45, 2.75) is 12.3 Å². The average molecular weight is 349 g/mol. The number of benzene rings is 1. The summed E-state index contributed by atoms with van der Waals surface area (Å²) >= 11 is 0. The molecular weight excluding hydrogens is 330 g/mol. The SMILES string of the molecule is CN(C)S(=O)(=O)Nc1ccc2c(c1)NC(=O)CC2c1ccn(C)n1. The van der Waals surface area contributed by atoms with Crippen LogP contribution in [0.1, 0.15) is 23.6 Å². The molecule has 24 heavy (non-hydrogen) atoms. The Labute approximate surface area is 140 Å². The molecule has 0 aliphatic carbocycles. The predicted octanol–water partition coefficient (Wildman–Crippen LogP) is 1.11. The smallest absolute Gasteiger partial charge is 0.301 e. The number of anilines is 2.